The van der Waals surface area contributed by atoms with Crippen LogP contribution in [0, 0.1) is 5.82 Å². The summed E-state index contributed by atoms with van der Waals surface area (Å²) in [5.41, 5.74) is 5.15. The minimum atomic E-state index is -3.93. The minimum Gasteiger partial charge on any atom is -0.396 e. The first-order chi connectivity index (χ1) is 9.36. The molecule has 1 saturated heterocycles. The average Bonchev–Trinajstić information content (AvgIpc) is 2.42. The number of nitrogens with zero attached hydrogens (tertiary/aromatic N) is 1. The molecule has 0 radical (unpaired) electrons. The maximum atomic E-state index is 14.0. The zero-order chi connectivity index (χ0) is 14.9. The van der Waals surface area contributed by atoms with E-state index in [2.05, 4.69) is 0 Å². The number of methoxy groups -OCH3 is 1. The lowest BCUT2D eigenvalue weighted by Gasteiger charge is -2.30. The van der Waals surface area contributed by atoms with Crippen LogP contribution >= 0.6 is 11.6 Å². The summed E-state index contributed by atoms with van der Waals surface area (Å²) in [7, 11) is -2.34. The largest absolute Gasteiger partial charge is 0.396 e. The van der Waals surface area contributed by atoms with E-state index in [0.717, 1.165) is 6.07 Å². The third-order valence-electron chi connectivity index (χ3n) is 3.38. The molecular weight excluding hydrogens is 307 g/mol. The molecular formula is C12H16ClFN2O3S. The van der Waals surface area contributed by atoms with Crippen LogP contribution < -0.4 is 5.73 Å². The highest BCUT2D eigenvalue weighted by molar-refractivity contribution is 7.89. The molecule has 0 aliphatic carbocycles. The molecule has 2 rings (SSSR count). The molecule has 1 aliphatic heterocycles. The highest BCUT2D eigenvalue weighted by atomic mass is 35.5. The molecule has 1 heterocycles. The molecule has 112 valence electrons. The van der Waals surface area contributed by atoms with Crippen LogP contribution in [0.4, 0.5) is 10.1 Å². The van der Waals surface area contributed by atoms with Crippen molar-refractivity contribution in [2.75, 3.05) is 25.9 Å². The highest BCUT2D eigenvalue weighted by Crippen LogP contribution is 2.29. The summed E-state index contributed by atoms with van der Waals surface area (Å²) in [4.78, 5) is -0.474. The second kappa shape index (κ2) is 5.85. The van der Waals surface area contributed by atoms with Crippen molar-refractivity contribution in [1.29, 1.82) is 0 Å². The van der Waals surface area contributed by atoms with E-state index in [9.17, 15) is 12.8 Å². The number of hydrogen-bond donors (Lipinski definition) is 1. The molecule has 20 heavy (non-hydrogen) atoms. The van der Waals surface area contributed by atoms with Crippen LogP contribution in [-0.2, 0) is 14.8 Å². The zero-order valence-electron chi connectivity index (χ0n) is 11.0. The van der Waals surface area contributed by atoms with Crippen LogP contribution in [0.5, 0.6) is 0 Å². The monoisotopic (exact) mass is 322 g/mol. The van der Waals surface area contributed by atoms with Crippen LogP contribution in [0.2, 0.25) is 5.02 Å². The lowest BCUT2D eigenvalue weighted by molar-refractivity contribution is 0.0604. The minimum absolute atomic E-state index is 0.0377. The number of benzene rings is 1. The van der Waals surface area contributed by atoms with E-state index in [4.69, 9.17) is 22.1 Å². The predicted octanol–water partition coefficient (Wildman–Crippen LogP) is 1.86. The summed E-state index contributed by atoms with van der Waals surface area (Å²) >= 11 is 5.76. The van der Waals surface area contributed by atoms with E-state index in [1.54, 1.807) is 7.11 Å². The Labute approximate surface area is 122 Å². The maximum absolute atomic E-state index is 14.0. The fourth-order valence-electron chi connectivity index (χ4n) is 2.22. The van der Waals surface area contributed by atoms with Gasteiger partial charge in [0.15, 0.2) is 5.82 Å². The van der Waals surface area contributed by atoms with Crippen LogP contribution in [0.25, 0.3) is 0 Å². The van der Waals surface area contributed by atoms with Gasteiger partial charge in [0.25, 0.3) is 0 Å². The molecule has 1 aromatic carbocycles. The molecule has 0 unspecified atom stereocenters. The number of rotatable bonds is 3. The van der Waals surface area contributed by atoms with E-state index in [-0.39, 0.29) is 29.9 Å². The van der Waals surface area contributed by atoms with Crippen LogP contribution in [0.1, 0.15) is 12.8 Å². The fraction of sp³-hybridized carbons (Fsp3) is 0.500. The van der Waals surface area contributed by atoms with Gasteiger partial charge in [-0.2, -0.15) is 4.31 Å². The van der Waals surface area contributed by atoms with E-state index < -0.39 is 20.7 Å². The normalized spacial score (nSPS) is 18.4. The molecule has 0 saturated carbocycles. The molecule has 1 aromatic rings. The Morgan fingerprint density at radius 2 is 2.00 bits per heavy atom. The first-order valence-corrected chi connectivity index (χ1v) is 7.95. The molecule has 1 aliphatic rings. The van der Waals surface area contributed by atoms with E-state index in [1.165, 1.54) is 10.4 Å². The number of piperidine rings is 1. The Morgan fingerprint density at radius 1 is 1.40 bits per heavy atom. The Hall–Kier alpha value is -0.890. The van der Waals surface area contributed by atoms with Crippen molar-refractivity contribution in [3.8, 4) is 0 Å². The van der Waals surface area contributed by atoms with E-state index in [0.29, 0.717) is 12.8 Å². The zero-order valence-corrected chi connectivity index (χ0v) is 12.5. The summed E-state index contributed by atoms with van der Waals surface area (Å²) in [5.74, 6) is -0.955. The van der Waals surface area contributed by atoms with Crippen molar-refractivity contribution >= 4 is 27.3 Å². The molecule has 0 spiro atoms. The average molecular weight is 323 g/mol. The molecule has 0 atom stereocenters. The quantitative estimate of drug-likeness (QED) is 0.862. The van der Waals surface area contributed by atoms with Gasteiger partial charge in [0.1, 0.15) is 4.90 Å². The maximum Gasteiger partial charge on any atom is 0.246 e. The standard InChI is InChI=1S/C12H16ClFN2O3S/c1-19-9-2-4-16(5-3-9)20(17,18)11-7-8(13)6-10(15)12(11)14/h6-7,9H,2-5,15H2,1H3. The van der Waals surface area contributed by atoms with Gasteiger partial charge < -0.3 is 10.5 Å². The first kappa shape index (κ1) is 15.5. The summed E-state index contributed by atoms with van der Waals surface area (Å²) in [5, 5.41) is 0.0919. The van der Waals surface area contributed by atoms with Crippen LogP contribution in [-0.4, -0.2) is 39.0 Å². The number of ether oxygens (including phenoxy) is 1. The van der Waals surface area contributed by atoms with Gasteiger partial charge in [0.2, 0.25) is 10.0 Å². The van der Waals surface area contributed by atoms with Crippen molar-refractivity contribution in [1.82, 2.24) is 4.31 Å². The van der Waals surface area contributed by atoms with Crippen LogP contribution in [0.15, 0.2) is 17.0 Å². The molecule has 1 fully saturated rings. The number of nitrogen functional groups attached to an aromatic ring is 1. The third kappa shape index (κ3) is 2.90. The van der Waals surface area contributed by atoms with Crippen LogP contribution in [0.3, 0.4) is 0 Å². The topological polar surface area (TPSA) is 72.6 Å². The molecule has 0 bridgehead atoms. The molecule has 2 N–H and O–H groups in total. The van der Waals surface area contributed by atoms with Crippen molar-refractivity contribution in [3.05, 3.63) is 23.0 Å². The summed E-state index contributed by atoms with van der Waals surface area (Å²) in [6.45, 7) is 0.569. The number of nitrogens with two attached hydrogens (primary N) is 1. The van der Waals surface area contributed by atoms with Gasteiger partial charge in [0, 0.05) is 25.2 Å². The second-order valence-electron chi connectivity index (χ2n) is 4.65. The SMILES string of the molecule is COC1CCN(S(=O)(=O)c2cc(Cl)cc(N)c2F)CC1. The van der Waals surface area contributed by atoms with E-state index in [1.807, 2.05) is 0 Å². The third-order valence-corrected chi connectivity index (χ3v) is 5.50. The molecule has 8 heteroatoms. The van der Waals surface area contributed by atoms with Gasteiger partial charge in [-0.05, 0) is 25.0 Å². The first-order valence-electron chi connectivity index (χ1n) is 6.13. The summed E-state index contributed by atoms with van der Waals surface area (Å²) in [6, 6.07) is 2.28. The predicted molar refractivity (Wildman–Crippen MR) is 74.6 cm³/mol. The van der Waals surface area contributed by atoms with Crippen molar-refractivity contribution in [2.24, 2.45) is 0 Å². The Kier molecular flexibility index (Phi) is 4.53. The summed E-state index contributed by atoms with van der Waals surface area (Å²) < 4.78 is 45.3. The number of sulfonamides is 1. The number of anilines is 1. The lowest BCUT2D eigenvalue weighted by atomic mass is 10.1. The van der Waals surface area contributed by atoms with Gasteiger partial charge in [0.05, 0.1) is 11.8 Å². The molecule has 0 aromatic heterocycles. The Morgan fingerprint density at radius 3 is 2.55 bits per heavy atom. The Bertz CT molecular complexity index is 601. The molecule has 5 nitrogen and oxygen atoms in total. The van der Waals surface area contributed by atoms with Crippen molar-refractivity contribution in [3.63, 3.8) is 0 Å². The van der Waals surface area contributed by atoms with Gasteiger partial charge in [-0.1, -0.05) is 11.6 Å². The van der Waals surface area contributed by atoms with Gasteiger partial charge in [-0.3, -0.25) is 0 Å². The summed E-state index contributed by atoms with van der Waals surface area (Å²) in [6.07, 6.45) is 1.19. The number of hydrogen-bond acceptors (Lipinski definition) is 4. The van der Waals surface area contributed by atoms with Crippen molar-refractivity contribution < 1.29 is 17.5 Å². The van der Waals surface area contributed by atoms with E-state index >= 15 is 0 Å². The Balaban J connectivity index is 2.32. The fourth-order valence-corrected chi connectivity index (χ4v) is 4.10. The van der Waals surface area contributed by atoms with Gasteiger partial charge in [-0.15, -0.1) is 0 Å². The van der Waals surface area contributed by atoms with Gasteiger partial charge in [-0.25, -0.2) is 12.8 Å². The highest BCUT2D eigenvalue weighted by Gasteiger charge is 2.32. The van der Waals surface area contributed by atoms with Crippen molar-refractivity contribution in [2.45, 2.75) is 23.8 Å². The molecule has 0 amide bonds. The number of halogens is 2. The lowest BCUT2D eigenvalue weighted by Crippen LogP contribution is -2.40. The van der Waals surface area contributed by atoms with Gasteiger partial charge >= 0.3 is 0 Å². The second-order valence-corrected chi connectivity index (χ2v) is 6.99. The smallest absolute Gasteiger partial charge is 0.246 e.